The van der Waals surface area contributed by atoms with E-state index in [0.717, 1.165) is 49.7 Å². The maximum Gasteiger partial charge on any atom is 0.252 e. The number of benzene rings is 1. The Morgan fingerprint density at radius 1 is 1.16 bits per heavy atom. The summed E-state index contributed by atoms with van der Waals surface area (Å²) in [7, 11) is 0. The van der Waals surface area contributed by atoms with Crippen molar-refractivity contribution in [2.24, 2.45) is 11.8 Å². The van der Waals surface area contributed by atoms with Gasteiger partial charge in [-0.15, -0.1) is 0 Å². The van der Waals surface area contributed by atoms with Crippen molar-refractivity contribution in [3.8, 4) is 0 Å². The van der Waals surface area contributed by atoms with Crippen LogP contribution in [-0.2, 0) is 11.3 Å². The molecule has 0 heterocycles. The summed E-state index contributed by atoms with van der Waals surface area (Å²) in [5, 5.41) is 3.00. The van der Waals surface area contributed by atoms with E-state index in [0.29, 0.717) is 28.9 Å². The van der Waals surface area contributed by atoms with E-state index in [1.165, 1.54) is 16.7 Å². The first kappa shape index (κ1) is 30.9. The van der Waals surface area contributed by atoms with Crippen molar-refractivity contribution >= 4 is 23.6 Å². The molecule has 0 saturated heterocycles. The number of halogens is 1. The maximum atomic E-state index is 13.7. The van der Waals surface area contributed by atoms with Crippen LogP contribution in [0.3, 0.4) is 0 Å². The van der Waals surface area contributed by atoms with Crippen LogP contribution in [0.25, 0.3) is 5.57 Å². The van der Waals surface area contributed by atoms with Crippen LogP contribution in [0.15, 0.2) is 75.8 Å². The van der Waals surface area contributed by atoms with Gasteiger partial charge < -0.3 is 5.32 Å². The molecule has 2 atom stereocenters. The van der Waals surface area contributed by atoms with Crippen LogP contribution in [0.1, 0.15) is 98.1 Å². The van der Waals surface area contributed by atoms with Gasteiger partial charge in [0, 0.05) is 6.54 Å². The summed E-state index contributed by atoms with van der Waals surface area (Å²) in [6, 6.07) is 8.62. The third kappa shape index (κ3) is 9.17. The molecule has 0 aliphatic heterocycles. The second kappa shape index (κ2) is 15.8. The summed E-state index contributed by atoms with van der Waals surface area (Å²) < 4.78 is 13.7. The number of carbonyl (C=O) groups is 1. The molecule has 1 N–H and O–H groups in total. The molecule has 1 aromatic rings. The first-order valence-corrected chi connectivity index (χ1v) is 14.5. The largest absolute Gasteiger partial charge is 0.348 e. The molecule has 2 rings (SSSR count). The monoisotopic (exact) mass is 523 g/mol. The summed E-state index contributed by atoms with van der Waals surface area (Å²) in [6.45, 7) is 15.9. The molecule has 37 heavy (non-hydrogen) atoms. The molecule has 1 aliphatic rings. The van der Waals surface area contributed by atoms with E-state index in [9.17, 15) is 8.68 Å². The summed E-state index contributed by atoms with van der Waals surface area (Å²) in [6.07, 6.45) is 13.8. The number of rotatable bonds is 12. The molecule has 2 unspecified atom stereocenters. The van der Waals surface area contributed by atoms with E-state index >= 15 is 0 Å². The number of hydrogen-bond acceptors (Lipinski definition) is 2. The van der Waals surface area contributed by atoms with E-state index < -0.39 is 0 Å². The van der Waals surface area contributed by atoms with Gasteiger partial charge in [0.15, 0.2) is 0 Å². The number of nitrogens with one attached hydrogen (secondary N) is 1. The lowest BCUT2D eigenvalue weighted by atomic mass is 9.82. The molecule has 2 nitrogen and oxygen atoms in total. The molecule has 0 saturated carbocycles. The predicted octanol–water partition coefficient (Wildman–Crippen LogP) is 10.1. The van der Waals surface area contributed by atoms with E-state index in [1.807, 2.05) is 19.1 Å². The number of hydrogen-bond donors (Lipinski definition) is 1. The topological polar surface area (TPSA) is 29.1 Å². The summed E-state index contributed by atoms with van der Waals surface area (Å²) in [5.74, 6) is 0.859. The average molecular weight is 524 g/mol. The lowest BCUT2D eigenvalue weighted by molar-refractivity contribution is -0.117. The van der Waals surface area contributed by atoms with Crippen LogP contribution in [0.4, 0.5) is 3.89 Å². The maximum absolute atomic E-state index is 13.7. The van der Waals surface area contributed by atoms with Gasteiger partial charge in [0.05, 0.1) is 22.6 Å². The first-order valence-electron chi connectivity index (χ1n) is 13.8. The Morgan fingerprint density at radius 2 is 1.86 bits per heavy atom. The van der Waals surface area contributed by atoms with Gasteiger partial charge in [-0.2, -0.15) is 3.89 Å². The Kier molecular flexibility index (Phi) is 13.2. The standard InChI is InChI=1S/C33H46FNOS/c1-8-23(4)20-24(5)21-28(10-3)31(25(6)9-2)29-18-16-27(17-19-29)22-35-33(36)30-15-13-11-12-14-26(7)32(30)37-34/h8,11,13,15-19,24-25H,9-10,12,14,20-22H2,1-7H3,(H,35,36)/b13-11-,23-8-,30-15+,31-28+,32-26+. The summed E-state index contributed by atoms with van der Waals surface area (Å²) in [4.78, 5) is 13.4. The van der Waals surface area contributed by atoms with E-state index in [-0.39, 0.29) is 18.1 Å². The molecular weight excluding hydrogens is 477 g/mol. The van der Waals surface area contributed by atoms with E-state index in [4.69, 9.17) is 0 Å². The molecule has 1 aliphatic carbocycles. The molecule has 1 aromatic carbocycles. The number of allylic oxidation sites excluding steroid dienone is 8. The Labute approximate surface area is 229 Å². The van der Waals surface area contributed by atoms with Crippen molar-refractivity contribution in [2.75, 3.05) is 0 Å². The fourth-order valence-electron chi connectivity index (χ4n) is 4.99. The Balaban J connectivity index is 2.22. The second-order valence-corrected chi connectivity index (χ2v) is 11.0. The molecule has 202 valence electrons. The van der Waals surface area contributed by atoms with Crippen LogP contribution in [0.2, 0.25) is 0 Å². The minimum absolute atomic E-state index is 0.166. The van der Waals surface area contributed by atoms with Crippen molar-refractivity contribution in [3.05, 3.63) is 86.9 Å². The highest BCUT2D eigenvalue weighted by Crippen LogP contribution is 2.35. The van der Waals surface area contributed by atoms with Crippen LogP contribution >= 0.6 is 12.1 Å². The highest BCUT2D eigenvalue weighted by atomic mass is 32.2. The van der Waals surface area contributed by atoms with Crippen molar-refractivity contribution in [2.45, 2.75) is 93.5 Å². The molecule has 0 spiro atoms. The van der Waals surface area contributed by atoms with Gasteiger partial charge >= 0.3 is 0 Å². The van der Waals surface area contributed by atoms with Crippen molar-refractivity contribution in [3.63, 3.8) is 0 Å². The van der Waals surface area contributed by atoms with Gasteiger partial charge in [-0.1, -0.05) is 86.9 Å². The van der Waals surface area contributed by atoms with Crippen molar-refractivity contribution < 1.29 is 8.68 Å². The third-order valence-corrected chi connectivity index (χ3v) is 8.15. The fourth-order valence-corrected chi connectivity index (χ4v) is 5.47. The van der Waals surface area contributed by atoms with Crippen LogP contribution < -0.4 is 5.32 Å². The molecule has 0 aromatic heterocycles. The van der Waals surface area contributed by atoms with Crippen LogP contribution in [-0.4, -0.2) is 5.91 Å². The van der Waals surface area contributed by atoms with E-state index in [1.54, 1.807) is 11.6 Å². The lowest BCUT2D eigenvalue weighted by Crippen LogP contribution is -2.25. The molecule has 0 bridgehead atoms. The highest BCUT2D eigenvalue weighted by molar-refractivity contribution is 7.98. The minimum atomic E-state index is -0.242. The number of carbonyl (C=O) groups excluding carboxylic acids is 1. The van der Waals surface area contributed by atoms with Gasteiger partial charge in [-0.3, -0.25) is 4.79 Å². The minimum Gasteiger partial charge on any atom is -0.348 e. The first-order chi connectivity index (χ1) is 17.7. The van der Waals surface area contributed by atoms with Gasteiger partial charge in [-0.05, 0) is 93.9 Å². The zero-order valence-corrected chi connectivity index (χ0v) is 24.7. The van der Waals surface area contributed by atoms with Crippen molar-refractivity contribution in [1.82, 2.24) is 5.32 Å². The summed E-state index contributed by atoms with van der Waals surface area (Å²) >= 11 is 0.166. The van der Waals surface area contributed by atoms with Crippen molar-refractivity contribution in [1.29, 1.82) is 0 Å². The number of amides is 1. The normalized spacial score (nSPS) is 21.2. The SMILES string of the molecule is C/C=C(/C)CC(C)C/C(CC)=C(/c1ccc(CNC(=O)C2=C/C=C\CC/C(C)=C\2SF)cc1)C(C)CC. The second-order valence-electron chi connectivity index (χ2n) is 10.4. The van der Waals surface area contributed by atoms with Gasteiger partial charge in [-0.25, -0.2) is 0 Å². The molecule has 0 radical (unpaired) electrons. The quantitative estimate of drug-likeness (QED) is 0.276. The zero-order valence-electron chi connectivity index (χ0n) is 23.9. The predicted molar refractivity (Wildman–Crippen MR) is 161 cm³/mol. The summed E-state index contributed by atoms with van der Waals surface area (Å²) in [5.41, 5.74) is 8.10. The Morgan fingerprint density at radius 3 is 2.46 bits per heavy atom. The molecule has 4 heteroatoms. The third-order valence-electron chi connectivity index (χ3n) is 7.43. The average Bonchev–Trinajstić information content (AvgIpc) is 2.89. The van der Waals surface area contributed by atoms with Crippen LogP contribution in [0.5, 0.6) is 0 Å². The van der Waals surface area contributed by atoms with Crippen LogP contribution in [0, 0.1) is 11.8 Å². The lowest BCUT2D eigenvalue weighted by Gasteiger charge is -2.23. The fraction of sp³-hybridized carbons (Fsp3) is 0.485. The Hall–Kier alpha value is -2.33. The van der Waals surface area contributed by atoms with Gasteiger partial charge in [0.2, 0.25) is 0 Å². The van der Waals surface area contributed by atoms with E-state index in [2.05, 4.69) is 77.2 Å². The Bertz CT molecular complexity index is 1060. The smallest absolute Gasteiger partial charge is 0.252 e. The molecule has 1 amide bonds. The highest BCUT2D eigenvalue weighted by Gasteiger charge is 2.19. The molecular formula is C33H46FNOS. The zero-order chi connectivity index (χ0) is 27.4. The van der Waals surface area contributed by atoms with Gasteiger partial charge in [0.25, 0.3) is 5.91 Å². The molecule has 0 fully saturated rings. The van der Waals surface area contributed by atoms with Gasteiger partial charge in [0.1, 0.15) is 0 Å².